The molecule has 1 unspecified atom stereocenters. The molecule has 7 nitrogen and oxygen atoms in total. The molecule has 2 N–H and O–H groups in total. The second kappa shape index (κ2) is 7.82. The SMILES string of the molecule is CCC(C)(C)CCC(Nc1nc(=O)oc2cc(F)ccc12)C(=O)NC1(C#N)CC1. The Morgan fingerprint density at radius 2 is 2.17 bits per heavy atom. The number of benzene rings is 1. The van der Waals surface area contributed by atoms with Crippen LogP contribution in [0.3, 0.4) is 0 Å². The minimum absolute atomic E-state index is 0.0288. The molecule has 1 aliphatic rings. The summed E-state index contributed by atoms with van der Waals surface area (Å²) < 4.78 is 18.5. The van der Waals surface area contributed by atoms with Crippen molar-refractivity contribution >= 4 is 22.7 Å². The van der Waals surface area contributed by atoms with Gasteiger partial charge in [-0.05, 0) is 43.2 Å². The fraction of sp³-hybridized carbons (Fsp3) is 0.524. The molecular weight excluding hydrogens is 375 g/mol. The fourth-order valence-corrected chi connectivity index (χ4v) is 3.01. The molecule has 1 aromatic heterocycles. The Morgan fingerprint density at radius 3 is 2.79 bits per heavy atom. The summed E-state index contributed by atoms with van der Waals surface area (Å²) in [7, 11) is 0. The molecule has 8 heteroatoms. The lowest BCUT2D eigenvalue weighted by atomic mass is 9.83. The number of carbonyl (C=O) groups excluding carboxylic acids is 1. The van der Waals surface area contributed by atoms with Crippen LogP contribution in [0.4, 0.5) is 10.2 Å². The number of fused-ring (bicyclic) bond motifs is 1. The molecule has 0 bridgehead atoms. The van der Waals surface area contributed by atoms with Gasteiger partial charge in [0.2, 0.25) is 5.91 Å². The van der Waals surface area contributed by atoms with Crippen LogP contribution < -0.4 is 16.4 Å². The standard InChI is InChI=1S/C21H25FN4O3/c1-4-20(2,3)8-7-15(18(27)26-21(12-23)9-10-21)24-17-14-6-5-13(22)11-16(14)29-19(28)25-17/h5-6,11,15H,4,7-10H2,1-3H3,(H,26,27)(H,24,25,28). The van der Waals surface area contributed by atoms with Crippen molar-refractivity contribution in [2.75, 3.05) is 5.32 Å². The lowest BCUT2D eigenvalue weighted by Gasteiger charge is -2.27. The molecule has 1 aromatic carbocycles. The number of hydrogen-bond acceptors (Lipinski definition) is 6. The summed E-state index contributed by atoms with van der Waals surface area (Å²) in [6, 6.07) is 5.24. The van der Waals surface area contributed by atoms with Gasteiger partial charge in [-0.3, -0.25) is 4.79 Å². The van der Waals surface area contributed by atoms with Crippen LogP contribution in [-0.4, -0.2) is 22.5 Å². The Kier molecular flexibility index (Phi) is 5.60. The first kappa shape index (κ1) is 20.8. The third-order valence-corrected chi connectivity index (χ3v) is 5.62. The molecule has 2 aromatic rings. The molecular formula is C21H25FN4O3. The second-order valence-corrected chi connectivity index (χ2v) is 8.41. The molecule has 29 heavy (non-hydrogen) atoms. The van der Waals surface area contributed by atoms with Crippen LogP contribution in [0.25, 0.3) is 11.0 Å². The summed E-state index contributed by atoms with van der Waals surface area (Å²) in [4.78, 5) is 28.6. The number of nitriles is 1. The van der Waals surface area contributed by atoms with Crippen LogP contribution in [0.2, 0.25) is 0 Å². The first-order valence-electron chi connectivity index (χ1n) is 9.77. The van der Waals surface area contributed by atoms with Crippen LogP contribution in [0, 0.1) is 22.6 Å². The highest BCUT2D eigenvalue weighted by Gasteiger charge is 2.45. The monoisotopic (exact) mass is 400 g/mol. The molecule has 0 spiro atoms. The fourth-order valence-electron chi connectivity index (χ4n) is 3.01. The van der Waals surface area contributed by atoms with E-state index >= 15 is 0 Å². The largest absolute Gasteiger partial charge is 0.441 e. The normalized spacial score (nSPS) is 16.1. The average molecular weight is 400 g/mol. The zero-order valence-corrected chi connectivity index (χ0v) is 16.8. The number of carbonyl (C=O) groups is 1. The van der Waals surface area contributed by atoms with Gasteiger partial charge in [0.25, 0.3) is 0 Å². The molecule has 1 atom stereocenters. The quantitative estimate of drug-likeness (QED) is 0.702. The number of halogens is 1. The minimum atomic E-state index is -0.880. The van der Waals surface area contributed by atoms with E-state index in [0.29, 0.717) is 24.6 Å². The van der Waals surface area contributed by atoms with E-state index in [9.17, 15) is 19.2 Å². The lowest BCUT2D eigenvalue weighted by molar-refractivity contribution is -0.122. The number of amides is 1. The number of aromatic nitrogens is 1. The predicted molar refractivity (Wildman–Crippen MR) is 107 cm³/mol. The maximum absolute atomic E-state index is 13.5. The van der Waals surface area contributed by atoms with Crippen molar-refractivity contribution in [3.63, 3.8) is 0 Å². The Hall–Kier alpha value is -2.95. The maximum atomic E-state index is 13.5. The summed E-state index contributed by atoms with van der Waals surface area (Å²) in [5, 5.41) is 15.5. The highest BCUT2D eigenvalue weighted by molar-refractivity contribution is 5.91. The Balaban J connectivity index is 1.90. The van der Waals surface area contributed by atoms with Crippen molar-refractivity contribution in [3.05, 3.63) is 34.6 Å². The molecule has 1 amide bonds. The van der Waals surface area contributed by atoms with Gasteiger partial charge in [0.1, 0.15) is 28.8 Å². The summed E-state index contributed by atoms with van der Waals surface area (Å²) >= 11 is 0. The van der Waals surface area contributed by atoms with E-state index in [2.05, 4.69) is 42.5 Å². The zero-order valence-electron chi connectivity index (χ0n) is 16.8. The van der Waals surface area contributed by atoms with Gasteiger partial charge in [-0.1, -0.05) is 27.2 Å². The Morgan fingerprint density at radius 1 is 1.45 bits per heavy atom. The van der Waals surface area contributed by atoms with Gasteiger partial charge in [-0.2, -0.15) is 10.2 Å². The third-order valence-electron chi connectivity index (χ3n) is 5.62. The van der Waals surface area contributed by atoms with Gasteiger partial charge in [0.05, 0.1) is 11.5 Å². The number of nitrogens with one attached hydrogen (secondary N) is 2. The molecule has 3 rings (SSSR count). The molecule has 0 radical (unpaired) electrons. The van der Waals surface area contributed by atoms with Gasteiger partial charge in [-0.15, -0.1) is 0 Å². The predicted octanol–water partition coefficient (Wildman–Crippen LogP) is 3.50. The van der Waals surface area contributed by atoms with Gasteiger partial charge in [0.15, 0.2) is 0 Å². The summed E-state index contributed by atoms with van der Waals surface area (Å²) in [5.41, 5.74) is -0.719. The van der Waals surface area contributed by atoms with Crippen LogP contribution in [0.1, 0.15) is 52.9 Å². The average Bonchev–Trinajstić information content (AvgIpc) is 3.44. The second-order valence-electron chi connectivity index (χ2n) is 8.41. The topological polar surface area (TPSA) is 108 Å². The summed E-state index contributed by atoms with van der Waals surface area (Å²) in [6.45, 7) is 6.32. The van der Waals surface area contributed by atoms with Crippen LogP contribution in [0.5, 0.6) is 0 Å². The molecule has 154 valence electrons. The van der Waals surface area contributed by atoms with E-state index in [-0.39, 0.29) is 22.7 Å². The van der Waals surface area contributed by atoms with E-state index < -0.39 is 23.2 Å². The van der Waals surface area contributed by atoms with Gasteiger partial charge in [-0.25, -0.2) is 9.18 Å². The summed E-state index contributed by atoms with van der Waals surface area (Å²) in [6.07, 6.45) is 3.43. The summed E-state index contributed by atoms with van der Waals surface area (Å²) in [5.74, 6) is -1.58. The highest BCUT2D eigenvalue weighted by Crippen LogP contribution is 2.35. The molecule has 1 heterocycles. The number of hydrogen-bond donors (Lipinski definition) is 2. The van der Waals surface area contributed by atoms with Gasteiger partial charge < -0.3 is 15.1 Å². The van der Waals surface area contributed by atoms with E-state index in [1.54, 1.807) is 0 Å². The van der Waals surface area contributed by atoms with Crippen molar-refractivity contribution in [2.45, 2.75) is 64.5 Å². The molecule has 1 fully saturated rings. The van der Waals surface area contributed by atoms with Crippen LogP contribution >= 0.6 is 0 Å². The number of rotatable bonds is 8. The van der Waals surface area contributed by atoms with E-state index in [0.717, 1.165) is 18.9 Å². The van der Waals surface area contributed by atoms with Crippen molar-refractivity contribution in [3.8, 4) is 6.07 Å². The third kappa shape index (κ3) is 4.91. The van der Waals surface area contributed by atoms with Crippen molar-refractivity contribution in [1.82, 2.24) is 10.3 Å². The van der Waals surface area contributed by atoms with Gasteiger partial charge >= 0.3 is 5.76 Å². The maximum Gasteiger partial charge on any atom is 0.441 e. The van der Waals surface area contributed by atoms with Crippen LogP contribution in [0.15, 0.2) is 27.4 Å². The molecule has 1 saturated carbocycles. The van der Waals surface area contributed by atoms with Gasteiger partial charge in [0, 0.05) is 6.07 Å². The highest BCUT2D eigenvalue weighted by atomic mass is 19.1. The Labute approximate surface area is 168 Å². The smallest absolute Gasteiger partial charge is 0.408 e. The van der Waals surface area contributed by atoms with E-state index in [1.165, 1.54) is 12.1 Å². The first-order valence-corrected chi connectivity index (χ1v) is 9.77. The first-order chi connectivity index (χ1) is 13.7. The lowest BCUT2D eigenvalue weighted by Crippen LogP contribution is -2.46. The van der Waals surface area contributed by atoms with Crippen molar-refractivity contribution in [1.29, 1.82) is 5.26 Å². The van der Waals surface area contributed by atoms with E-state index in [1.807, 2.05) is 0 Å². The molecule has 1 aliphatic carbocycles. The molecule has 0 saturated heterocycles. The van der Waals surface area contributed by atoms with Crippen molar-refractivity contribution < 1.29 is 13.6 Å². The Bertz CT molecular complexity index is 1020. The molecule has 0 aliphatic heterocycles. The van der Waals surface area contributed by atoms with Crippen LogP contribution in [-0.2, 0) is 4.79 Å². The number of nitrogens with zero attached hydrogens (tertiary/aromatic N) is 2. The van der Waals surface area contributed by atoms with E-state index in [4.69, 9.17) is 4.42 Å². The zero-order chi connectivity index (χ0) is 21.2. The van der Waals surface area contributed by atoms with Crippen molar-refractivity contribution in [2.24, 2.45) is 5.41 Å². The number of anilines is 1. The minimum Gasteiger partial charge on any atom is -0.408 e.